The number of pyridine rings is 1. The van der Waals surface area contributed by atoms with Crippen molar-refractivity contribution >= 4 is 5.82 Å². The molecule has 1 spiro atoms. The van der Waals surface area contributed by atoms with Gasteiger partial charge in [-0.3, -0.25) is 9.55 Å². The van der Waals surface area contributed by atoms with Crippen LogP contribution in [0.4, 0.5) is 23.4 Å². The monoisotopic (exact) mass is 474 g/mol. The van der Waals surface area contributed by atoms with E-state index in [4.69, 9.17) is 9.47 Å². The second-order valence-electron chi connectivity index (χ2n) is 8.96. The number of halogens is 4. The summed E-state index contributed by atoms with van der Waals surface area (Å²) < 4.78 is 65.6. The van der Waals surface area contributed by atoms with Crippen molar-refractivity contribution in [3.05, 3.63) is 70.2 Å². The zero-order valence-corrected chi connectivity index (χ0v) is 17.7. The zero-order chi connectivity index (χ0) is 23.7. The van der Waals surface area contributed by atoms with Gasteiger partial charge in [0.2, 0.25) is 5.88 Å². The molecule has 176 valence electrons. The molecule has 0 radical (unpaired) electrons. The first-order chi connectivity index (χ1) is 16.2. The van der Waals surface area contributed by atoms with Gasteiger partial charge in [-0.15, -0.1) is 0 Å². The molecule has 7 nitrogen and oxygen atoms in total. The van der Waals surface area contributed by atoms with E-state index in [2.05, 4.69) is 14.9 Å². The Bertz CT molecular complexity index is 1350. The Morgan fingerprint density at radius 3 is 2.74 bits per heavy atom. The summed E-state index contributed by atoms with van der Waals surface area (Å²) in [6.07, 6.45) is -1.51. The van der Waals surface area contributed by atoms with E-state index >= 15 is 0 Å². The Labute approximate surface area is 190 Å². The fourth-order valence-electron chi connectivity index (χ4n) is 5.21. The van der Waals surface area contributed by atoms with Crippen LogP contribution in [0.5, 0.6) is 17.4 Å². The Kier molecular flexibility index (Phi) is 4.42. The normalized spacial score (nSPS) is 22.2. The highest BCUT2D eigenvalue weighted by Gasteiger charge is 2.60. The number of hydrogen-bond acceptors (Lipinski definition) is 6. The molecule has 3 aliphatic heterocycles. The summed E-state index contributed by atoms with van der Waals surface area (Å²) in [5.41, 5.74) is -1.01. The molecule has 2 aromatic heterocycles. The van der Waals surface area contributed by atoms with Crippen LogP contribution < -0.4 is 20.1 Å². The van der Waals surface area contributed by atoms with Gasteiger partial charge in [0.05, 0.1) is 12.1 Å². The highest BCUT2D eigenvalue weighted by Crippen LogP contribution is 2.56. The smallest absolute Gasteiger partial charge is 0.433 e. The van der Waals surface area contributed by atoms with Crippen LogP contribution in [0.15, 0.2) is 47.4 Å². The summed E-state index contributed by atoms with van der Waals surface area (Å²) in [6, 6.07) is 7.63. The maximum Gasteiger partial charge on any atom is 0.433 e. The Morgan fingerprint density at radius 1 is 1.15 bits per heavy atom. The van der Waals surface area contributed by atoms with E-state index in [9.17, 15) is 22.4 Å². The van der Waals surface area contributed by atoms with E-state index in [-0.39, 0.29) is 35.2 Å². The lowest BCUT2D eigenvalue weighted by Gasteiger charge is -2.37. The van der Waals surface area contributed by atoms with E-state index in [0.29, 0.717) is 24.1 Å². The molecule has 5 heterocycles. The van der Waals surface area contributed by atoms with Gasteiger partial charge in [-0.25, -0.2) is 9.18 Å². The van der Waals surface area contributed by atoms with Gasteiger partial charge in [0, 0.05) is 24.9 Å². The van der Waals surface area contributed by atoms with Crippen LogP contribution >= 0.6 is 0 Å². The predicted molar refractivity (Wildman–Crippen MR) is 111 cm³/mol. The standard InChI is InChI=1S/C23H18F4N4O3/c24-16-5-13(1-2-17(16)34-15-3-4-28-18(6-15)23(25,26)27)11-33-19-7-20-30(21(32)29-19)12-22-8-14(9-22)10-31(20)22/h1-7,14H,8-12H2. The average Bonchev–Trinajstić information content (AvgIpc) is 3.40. The number of alkyl halides is 3. The van der Waals surface area contributed by atoms with E-state index in [1.165, 1.54) is 18.2 Å². The highest BCUT2D eigenvalue weighted by molar-refractivity contribution is 5.54. The maximum atomic E-state index is 14.5. The quantitative estimate of drug-likeness (QED) is 0.518. The van der Waals surface area contributed by atoms with Crippen molar-refractivity contribution < 1.29 is 27.0 Å². The van der Waals surface area contributed by atoms with Crippen molar-refractivity contribution in [3.63, 3.8) is 0 Å². The van der Waals surface area contributed by atoms with Crippen LogP contribution in [-0.2, 0) is 19.3 Å². The summed E-state index contributed by atoms with van der Waals surface area (Å²) in [5.74, 6) is 0.445. The molecule has 2 saturated heterocycles. The molecule has 0 N–H and O–H groups in total. The minimum atomic E-state index is -4.64. The zero-order valence-electron chi connectivity index (χ0n) is 17.7. The van der Waals surface area contributed by atoms with Crippen molar-refractivity contribution in [2.45, 2.75) is 37.7 Å². The largest absolute Gasteiger partial charge is 0.473 e. The number of rotatable bonds is 5. The van der Waals surface area contributed by atoms with E-state index in [1.54, 1.807) is 10.6 Å². The topological polar surface area (TPSA) is 69.5 Å². The van der Waals surface area contributed by atoms with Gasteiger partial charge in [-0.2, -0.15) is 18.2 Å². The third kappa shape index (κ3) is 3.37. The summed E-state index contributed by atoms with van der Waals surface area (Å²) in [6.45, 7) is 1.53. The Hall–Kier alpha value is -3.63. The second kappa shape index (κ2) is 7.18. The number of aromatic nitrogens is 3. The molecule has 1 aliphatic carbocycles. The van der Waals surface area contributed by atoms with Crippen molar-refractivity contribution in [1.82, 2.24) is 14.5 Å². The van der Waals surface area contributed by atoms with E-state index in [1.807, 2.05) is 0 Å². The van der Waals surface area contributed by atoms with Crippen molar-refractivity contribution in [1.29, 1.82) is 0 Å². The first-order valence-corrected chi connectivity index (χ1v) is 10.7. The number of anilines is 1. The molecule has 0 atom stereocenters. The maximum absolute atomic E-state index is 14.5. The molecule has 4 aliphatic rings. The fraction of sp³-hybridized carbons (Fsp3) is 0.348. The summed E-state index contributed by atoms with van der Waals surface area (Å²) in [5, 5.41) is 0. The number of benzene rings is 1. The third-order valence-corrected chi connectivity index (χ3v) is 6.68. The number of fused-ring (bicyclic) bond motifs is 1. The molecule has 34 heavy (non-hydrogen) atoms. The van der Waals surface area contributed by atoms with Gasteiger partial charge < -0.3 is 14.4 Å². The van der Waals surface area contributed by atoms with Gasteiger partial charge in [0.15, 0.2) is 11.6 Å². The molecule has 1 saturated carbocycles. The molecule has 7 rings (SSSR count). The molecule has 0 amide bonds. The molecule has 11 heteroatoms. The lowest BCUT2D eigenvalue weighted by molar-refractivity contribution is -0.141. The van der Waals surface area contributed by atoms with Gasteiger partial charge in [-0.05, 0) is 42.5 Å². The van der Waals surface area contributed by atoms with Gasteiger partial charge >= 0.3 is 11.9 Å². The van der Waals surface area contributed by atoms with Gasteiger partial charge in [0.1, 0.15) is 23.9 Å². The molecule has 1 aromatic carbocycles. The minimum Gasteiger partial charge on any atom is -0.473 e. The minimum absolute atomic E-state index is 0.0473. The number of hydrogen-bond donors (Lipinski definition) is 0. The van der Waals surface area contributed by atoms with Gasteiger partial charge in [0.25, 0.3) is 0 Å². The summed E-state index contributed by atoms with van der Waals surface area (Å²) >= 11 is 0. The summed E-state index contributed by atoms with van der Waals surface area (Å²) in [4.78, 5) is 22.0. The average molecular weight is 474 g/mol. The fourth-order valence-corrected chi connectivity index (χ4v) is 5.21. The van der Waals surface area contributed by atoms with Crippen LogP contribution in [0, 0.1) is 11.7 Å². The van der Waals surface area contributed by atoms with Crippen LogP contribution in [-0.4, -0.2) is 26.6 Å². The lowest BCUT2D eigenvalue weighted by Crippen LogP contribution is -2.44. The molecule has 0 unspecified atom stereocenters. The van der Waals surface area contributed by atoms with Crippen LogP contribution in [0.25, 0.3) is 0 Å². The highest BCUT2D eigenvalue weighted by atomic mass is 19.4. The van der Waals surface area contributed by atoms with Crippen molar-refractivity contribution in [2.24, 2.45) is 5.92 Å². The lowest BCUT2D eigenvalue weighted by atomic mass is 9.74. The van der Waals surface area contributed by atoms with Crippen molar-refractivity contribution in [2.75, 3.05) is 11.4 Å². The number of ether oxygens (including phenoxy) is 2. The number of nitrogens with zero attached hydrogens (tertiary/aromatic N) is 4. The predicted octanol–water partition coefficient (Wildman–Crippen LogP) is 4.15. The first-order valence-electron chi connectivity index (χ1n) is 10.7. The SMILES string of the molecule is O=c1nc(OCc2ccc(Oc3ccnc(C(F)(F)F)c3)c(F)c2)cc2n1CC13CC(CN21)C3. The van der Waals surface area contributed by atoms with Crippen LogP contribution in [0.1, 0.15) is 24.1 Å². The molecular weight excluding hydrogens is 456 g/mol. The molecular formula is C23H18F4N4O3. The van der Waals surface area contributed by atoms with E-state index < -0.39 is 17.7 Å². The van der Waals surface area contributed by atoms with Crippen molar-refractivity contribution in [3.8, 4) is 17.4 Å². The Balaban J connectivity index is 1.16. The molecule has 2 bridgehead atoms. The van der Waals surface area contributed by atoms with Crippen LogP contribution in [0.2, 0.25) is 0 Å². The van der Waals surface area contributed by atoms with Gasteiger partial charge in [-0.1, -0.05) is 6.07 Å². The summed E-state index contributed by atoms with van der Waals surface area (Å²) in [7, 11) is 0. The second-order valence-corrected chi connectivity index (χ2v) is 8.96. The first kappa shape index (κ1) is 20.9. The molecule has 3 fully saturated rings. The van der Waals surface area contributed by atoms with E-state index in [0.717, 1.165) is 37.5 Å². The third-order valence-electron chi connectivity index (χ3n) is 6.68. The van der Waals surface area contributed by atoms with Crippen LogP contribution in [0.3, 0.4) is 0 Å². The Morgan fingerprint density at radius 2 is 1.97 bits per heavy atom. The molecule has 3 aromatic rings.